The van der Waals surface area contributed by atoms with E-state index in [4.69, 9.17) is 0 Å². The van der Waals surface area contributed by atoms with Crippen molar-refractivity contribution in [2.24, 2.45) is 0 Å². The van der Waals surface area contributed by atoms with Gasteiger partial charge in [0.05, 0.1) is 11.6 Å². The van der Waals surface area contributed by atoms with Crippen LogP contribution in [0.3, 0.4) is 0 Å². The number of hydrogen-bond donors (Lipinski definition) is 1. The third-order valence-corrected chi connectivity index (χ3v) is 3.48. The predicted molar refractivity (Wildman–Crippen MR) is 79.0 cm³/mol. The number of halogens is 1. The molecule has 0 saturated carbocycles. The van der Waals surface area contributed by atoms with Crippen molar-refractivity contribution in [1.82, 2.24) is 10.3 Å². The van der Waals surface area contributed by atoms with Gasteiger partial charge in [0.15, 0.2) is 0 Å². The molecule has 3 rings (SSSR count). The minimum absolute atomic E-state index is 0.0171. The van der Waals surface area contributed by atoms with E-state index in [0.29, 0.717) is 0 Å². The van der Waals surface area contributed by atoms with E-state index in [1.165, 1.54) is 12.1 Å². The van der Waals surface area contributed by atoms with Crippen LogP contribution in [0.15, 0.2) is 60.8 Å². The van der Waals surface area contributed by atoms with Gasteiger partial charge in [0.1, 0.15) is 5.82 Å². The Morgan fingerprint density at radius 1 is 1.00 bits per heavy atom. The molecule has 1 atom stereocenters. The third kappa shape index (κ3) is 2.28. The molecule has 100 valence electrons. The van der Waals surface area contributed by atoms with Gasteiger partial charge in [-0.1, -0.05) is 30.3 Å². The monoisotopic (exact) mass is 266 g/mol. The summed E-state index contributed by atoms with van der Waals surface area (Å²) in [4.78, 5) is 4.38. The lowest BCUT2D eigenvalue weighted by atomic mass is 9.95. The zero-order valence-corrected chi connectivity index (χ0v) is 11.2. The van der Waals surface area contributed by atoms with Gasteiger partial charge in [-0.25, -0.2) is 4.39 Å². The predicted octanol–water partition coefficient (Wildman–Crippen LogP) is 3.68. The summed E-state index contributed by atoms with van der Waals surface area (Å²) in [5.74, 6) is -0.219. The minimum atomic E-state index is -0.219. The van der Waals surface area contributed by atoms with E-state index in [9.17, 15) is 4.39 Å². The molecule has 0 aliphatic heterocycles. The van der Waals surface area contributed by atoms with E-state index in [2.05, 4.69) is 22.4 Å². The lowest BCUT2D eigenvalue weighted by Crippen LogP contribution is -2.18. The van der Waals surface area contributed by atoms with Crippen molar-refractivity contribution >= 4 is 10.9 Å². The summed E-state index contributed by atoms with van der Waals surface area (Å²) in [6, 6.07) is 16.7. The number of aromatic nitrogens is 1. The molecule has 1 heterocycles. The molecule has 2 aromatic carbocycles. The average molecular weight is 266 g/mol. The second kappa shape index (κ2) is 5.39. The maximum Gasteiger partial charge on any atom is 0.123 e. The quantitative estimate of drug-likeness (QED) is 0.782. The maximum atomic E-state index is 13.1. The highest BCUT2D eigenvalue weighted by atomic mass is 19.1. The summed E-state index contributed by atoms with van der Waals surface area (Å²) in [6.07, 6.45) is 1.79. The molecule has 20 heavy (non-hydrogen) atoms. The number of hydrogen-bond acceptors (Lipinski definition) is 2. The molecule has 0 bridgehead atoms. The van der Waals surface area contributed by atoms with Crippen LogP contribution >= 0.6 is 0 Å². The number of nitrogens with one attached hydrogen (secondary N) is 1. The van der Waals surface area contributed by atoms with E-state index in [-0.39, 0.29) is 11.9 Å². The van der Waals surface area contributed by atoms with Crippen LogP contribution in [-0.2, 0) is 0 Å². The van der Waals surface area contributed by atoms with Crippen molar-refractivity contribution in [2.45, 2.75) is 6.04 Å². The summed E-state index contributed by atoms with van der Waals surface area (Å²) in [5, 5.41) is 4.41. The molecule has 3 aromatic rings. The standard InChI is InChI=1S/C17H15FN2/c1-19-17(12-7-9-13(18)10-8-12)15-4-2-6-16-14(15)5-3-11-20-16/h2-11,17,19H,1H3. The van der Waals surface area contributed by atoms with Crippen LogP contribution in [0.5, 0.6) is 0 Å². The molecule has 1 aromatic heterocycles. The Balaban J connectivity index is 2.14. The van der Waals surface area contributed by atoms with Gasteiger partial charge in [0, 0.05) is 11.6 Å². The molecule has 0 saturated heterocycles. The molecule has 0 radical (unpaired) electrons. The van der Waals surface area contributed by atoms with Crippen LogP contribution in [0, 0.1) is 5.82 Å². The van der Waals surface area contributed by atoms with E-state index >= 15 is 0 Å². The Kier molecular flexibility index (Phi) is 3.44. The minimum Gasteiger partial charge on any atom is -0.309 e. The van der Waals surface area contributed by atoms with Crippen molar-refractivity contribution in [1.29, 1.82) is 0 Å². The molecule has 0 aliphatic rings. The van der Waals surface area contributed by atoms with E-state index in [0.717, 1.165) is 22.0 Å². The zero-order chi connectivity index (χ0) is 13.9. The van der Waals surface area contributed by atoms with Crippen LogP contribution in [0.1, 0.15) is 17.2 Å². The van der Waals surface area contributed by atoms with Gasteiger partial charge in [0.2, 0.25) is 0 Å². The largest absolute Gasteiger partial charge is 0.309 e. The second-order valence-corrected chi connectivity index (χ2v) is 4.69. The van der Waals surface area contributed by atoms with Gasteiger partial charge in [-0.05, 0) is 42.4 Å². The normalized spacial score (nSPS) is 12.5. The molecule has 2 nitrogen and oxygen atoms in total. The molecule has 0 aliphatic carbocycles. The first-order valence-corrected chi connectivity index (χ1v) is 6.56. The Morgan fingerprint density at radius 3 is 2.55 bits per heavy atom. The van der Waals surface area contributed by atoms with Gasteiger partial charge >= 0.3 is 0 Å². The van der Waals surface area contributed by atoms with Gasteiger partial charge in [0.25, 0.3) is 0 Å². The summed E-state index contributed by atoms with van der Waals surface area (Å²) in [5.41, 5.74) is 3.14. The summed E-state index contributed by atoms with van der Waals surface area (Å²) < 4.78 is 13.1. The lowest BCUT2D eigenvalue weighted by molar-refractivity contribution is 0.623. The fourth-order valence-corrected chi connectivity index (χ4v) is 2.54. The second-order valence-electron chi connectivity index (χ2n) is 4.69. The Morgan fingerprint density at radius 2 is 1.80 bits per heavy atom. The van der Waals surface area contributed by atoms with Crippen molar-refractivity contribution in [3.8, 4) is 0 Å². The van der Waals surface area contributed by atoms with E-state index in [1.54, 1.807) is 6.20 Å². The third-order valence-electron chi connectivity index (χ3n) is 3.48. The maximum absolute atomic E-state index is 13.1. The summed E-state index contributed by atoms with van der Waals surface area (Å²) >= 11 is 0. The average Bonchev–Trinajstić information content (AvgIpc) is 2.50. The molecule has 1 unspecified atom stereocenters. The van der Waals surface area contributed by atoms with Crippen LogP contribution < -0.4 is 5.32 Å². The van der Waals surface area contributed by atoms with E-state index < -0.39 is 0 Å². The highest BCUT2D eigenvalue weighted by Crippen LogP contribution is 2.27. The fourth-order valence-electron chi connectivity index (χ4n) is 2.54. The topological polar surface area (TPSA) is 24.9 Å². The smallest absolute Gasteiger partial charge is 0.123 e. The highest BCUT2D eigenvalue weighted by Gasteiger charge is 2.14. The molecule has 3 heteroatoms. The van der Waals surface area contributed by atoms with Crippen LogP contribution in [0.4, 0.5) is 4.39 Å². The Labute approximate surface area is 117 Å². The first-order chi connectivity index (χ1) is 9.79. The van der Waals surface area contributed by atoms with Crippen molar-refractivity contribution in [3.05, 3.63) is 77.7 Å². The number of rotatable bonds is 3. The van der Waals surface area contributed by atoms with Gasteiger partial charge in [-0.2, -0.15) is 0 Å². The van der Waals surface area contributed by atoms with Crippen molar-refractivity contribution in [3.63, 3.8) is 0 Å². The molecular formula is C17H15FN2. The highest BCUT2D eigenvalue weighted by molar-refractivity contribution is 5.82. The molecule has 1 N–H and O–H groups in total. The van der Waals surface area contributed by atoms with Crippen molar-refractivity contribution < 1.29 is 4.39 Å². The number of pyridine rings is 1. The first-order valence-electron chi connectivity index (χ1n) is 6.56. The van der Waals surface area contributed by atoms with Crippen LogP contribution in [0.25, 0.3) is 10.9 Å². The first kappa shape index (κ1) is 12.8. The lowest BCUT2D eigenvalue weighted by Gasteiger charge is -2.19. The summed E-state index contributed by atoms with van der Waals surface area (Å²) in [7, 11) is 1.91. The molecule has 0 amide bonds. The zero-order valence-electron chi connectivity index (χ0n) is 11.2. The Hall–Kier alpha value is -2.26. The fraction of sp³-hybridized carbons (Fsp3) is 0.118. The molecule has 0 spiro atoms. The number of fused-ring (bicyclic) bond motifs is 1. The molecular weight excluding hydrogens is 251 g/mol. The number of benzene rings is 2. The van der Waals surface area contributed by atoms with E-state index in [1.807, 2.05) is 37.4 Å². The summed E-state index contributed by atoms with van der Waals surface area (Å²) in [6.45, 7) is 0. The number of nitrogens with zero attached hydrogens (tertiary/aromatic N) is 1. The van der Waals surface area contributed by atoms with Gasteiger partial charge in [-0.15, -0.1) is 0 Å². The van der Waals surface area contributed by atoms with Gasteiger partial charge in [-0.3, -0.25) is 4.98 Å². The molecule has 0 fully saturated rings. The van der Waals surface area contributed by atoms with Crippen LogP contribution in [-0.4, -0.2) is 12.0 Å². The van der Waals surface area contributed by atoms with Crippen molar-refractivity contribution in [2.75, 3.05) is 7.05 Å². The van der Waals surface area contributed by atoms with Gasteiger partial charge < -0.3 is 5.32 Å². The SMILES string of the molecule is CNC(c1ccc(F)cc1)c1cccc2ncccc12. The Bertz CT molecular complexity index is 717. The van der Waals surface area contributed by atoms with Crippen LogP contribution in [0.2, 0.25) is 0 Å².